The summed E-state index contributed by atoms with van der Waals surface area (Å²) in [5, 5.41) is 3.52. The highest BCUT2D eigenvalue weighted by Crippen LogP contribution is 2.16. The smallest absolute Gasteiger partial charge is 0.251 e. The van der Waals surface area contributed by atoms with Gasteiger partial charge in [0.25, 0.3) is 5.91 Å². The summed E-state index contributed by atoms with van der Waals surface area (Å²) in [6.07, 6.45) is 3.68. The van der Waals surface area contributed by atoms with E-state index in [0.29, 0.717) is 17.1 Å². The van der Waals surface area contributed by atoms with Crippen molar-refractivity contribution in [3.63, 3.8) is 0 Å². The zero-order valence-corrected chi connectivity index (χ0v) is 10.2. The van der Waals surface area contributed by atoms with Crippen LogP contribution in [0.1, 0.15) is 21.5 Å². The van der Waals surface area contributed by atoms with E-state index in [9.17, 15) is 4.79 Å². The van der Waals surface area contributed by atoms with E-state index < -0.39 is 0 Å². The number of halogens is 1. The first kappa shape index (κ1) is 11.7. The Bertz CT molecular complexity index is 520. The third kappa shape index (κ3) is 2.88. The number of carbonyl (C=O) groups excluding carboxylic acids is 1. The molecule has 1 heterocycles. The number of carbonyl (C=O) groups is 1. The number of hydrogen-bond acceptors (Lipinski definition) is 1. The Hall–Kier alpha value is -1.74. The predicted octanol–water partition coefficient (Wildman–Crippen LogP) is 2.91. The summed E-state index contributed by atoms with van der Waals surface area (Å²) in [4.78, 5) is 14.8. The molecule has 0 bridgehead atoms. The van der Waals surface area contributed by atoms with Crippen molar-refractivity contribution in [2.75, 3.05) is 0 Å². The van der Waals surface area contributed by atoms with E-state index in [2.05, 4.69) is 10.3 Å². The summed E-state index contributed by atoms with van der Waals surface area (Å²) in [7, 11) is 0. The van der Waals surface area contributed by atoms with Gasteiger partial charge in [0.2, 0.25) is 0 Å². The molecule has 17 heavy (non-hydrogen) atoms. The highest BCUT2D eigenvalue weighted by atomic mass is 35.5. The third-order valence-electron chi connectivity index (χ3n) is 2.54. The van der Waals surface area contributed by atoms with Crippen molar-refractivity contribution in [2.24, 2.45) is 0 Å². The van der Waals surface area contributed by atoms with Gasteiger partial charge in [-0.2, -0.15) is 0 Å². The van der Waals surface area contributed by atoms with Crippen molar-refractivity contribution < 1.29 is 4.79 Å². The lowest BCUT2D eigenvalue weighted by Gasteiger charge is -2.05. The average Bonchev–Trinajstić information content (AvgIpc) is 2.82. The van der Waals surface area contributed by atoms with Crippen molar-refractivity contribution in [3.05, 3.63) is 58.4 Å². The van der Waals surface area contributed by atoms with E-state index in [1.165, 1.54) is 0 Å². The van der Waals surface area contributed by atoms with Crippen LogP contribution in [0.25, 0.3) is 0 Å². The highest BCUT2D eigenvalue weighted by Gasteiger charge is 2.06. The minimum Gasteiger partial charge on any atom is -0.367 e. The van der Waals surface area contributed by atoms with Gasteiger partial charge in [-0.15, -0.1) is 0 Å². The van der Waals surface area contributed by atoms with Gasteiger partial charge in [0.05, 0.1) is 0 Å². The van der Waals surface area contributed by atoms with Gasteiger partial charge in [0.15, 0.2) is 0 Å². The number of aryl methyl sites for hydroxylation is 1. The van der Waals surface area contributed by atoms with Gasteiger partial charge in [-0.05, 0) is 42.3 Å². The fourth-order valence-corrected chi connectivity index (χ4v) is 1.66. The summed E-state index contributed by atoms with van der Waals surface area (Å²) < 4.78 is 0. The molecule has 0 aliphatic rings. The number of hydrogen-bond donors (Lipinski definition) is 2. The standard InChI is InChI=1S/C13H13ClN2O/c1-9-6-11(2-3-12(9)14)13(17)16-8-10-4-5-15-7-10/h2-7,15H,8H2,1H3,(H,16,17). The number of aromatic amines is 1. The van der Waals surface area contributed by atoms with E-state index in [-0.39, 0.29) is 5.91 Å². The van der Waals surface area contributed by atoms with Crippen molar-refractivity contribution in [3.8, 4) is 0 Å². The van der Waals surface area contributed by atoms with E-state index in [1.54, 1.807) is 18.2 Å². The van der Waals surface area contributed by atoms with Crippen LogP contribution in [0.3, 0.4) is 0 Å². The fourth-order valence-electron chi connectivity index (χ4n) is 1.54. The van der Waals surface area contributed by atoms with Gasteiger partial charge in [-0.25, -0.2) is 0 Å². The maximum absolute atomic E-state index is 11.8. The maximum Gasteiger partial charge on any atom is 0.251 e. The molecule has 0 aliphatic heterocycles. The van der Waals surface area contributed by atoms with Gasteiger partial charge in [0.1, 0.15) is 0 Å². The van der Waals surface area contributed by atoms with Crippen LogP contribution in [0.4, 0.5) is 0 Å². The van der Waals surface area contributed by atoms with E-state index in [0.717, 1.165) is 11.1 Å². The number of benzene rings is 1. The molecular formula is C13H13ClN2O. The average molecular weight is 249 g/mol. The molecule has 0 aliphatic carbocycles. The van der Waals surface area contributed by atoms with Crippen LogP contribution in [-0.4, -0.2) is 10.9 Å². The summed E-state index contributed by atoms with van der Waals surface area (Å²) >= 11 is 5.91. The first-order chi connectivity index (χ1) is 8.16. The SMILES string of the molecule is Cc1cc(C(=O)NCc2cc[nH]c2)ccc1Cl. The number of aromatic nitrogens is 1. The Morgan fingerprint density at radius 1 is 1.41 bits per heavy atom. The molecule has 0 spiro atoms. The molecule has 0 radical (unpaired) electrons. The molecule has 3 nitrogen and oxygen atoms in total. The van der Waals surface area contributed by atoms with E-state index in [4.69, 9.17) is 11.6 Å². The number of amides is 1. The Kier molecular flexibility index (Phi) is 3.49. The van der Waals surface area contributed by atoms with Crippen molar-refractivity contribution in [1.29, 1.82) is 0 Å². The molecule has 4 heteroatoms. The molecule has 0 fully saturated rings. The molecular weight excluding hydrogens is 236 g/mol. The van der Waals surface area contributed by atoms with Gasteiger partial charge >= 0.3 is 0 Å². The Labute approximate surface area is 105 Å². The first-order valence-electron chi connectivity index (χ1n) is 5.33. The topological polar surface area (TPSA) is 44.9 Å². The Morgan fingerprint density at radius 2 is 2.24 bits per heavy atom. The lowest BCUT2D eigenvalue weighted by molar-refractivity contribution is 0.0951. The van der Waals surface area contributed by atoms with Crippen LogP contribution >= 0.6 is 11.6 Å². The molecule has 1 amide bonds. The van der Waals surface area contributed by atoms with Crippen LogP contribution in [-0.2, 0) is 6.54 Å². The van der Waals surface area contributed by atoms with Crippen LogP contribution in [0.5, 0.6) is 0 Å². The molecule has 0 saturated heterocycles. The molecule has 2 N–H and O–H groups in total. The molecule has 88 valence electrons. The first-order valence-corrected chi connectivity index (χ1v) is 5.70. The molecule has 1 aromatic carbocycles. The molecule has 1 aromatic heterocycles. The lowest BCUT2D eigenvalue weighted by Crippen LogP contribution is -2.22. The number of H-pyrrole nitrogens is 1. The normalized spacial score (nSPS) is 10.2. The molecule has 0 atom stereocenters. The van der Waals surface area contributed by atoms with Crippen LogP contribution in [0.15, 0.2) is 36.7 Å². The van der Waals surface area contributed by atoms with Gasteiger partial charge in [-0.3, -0.25) is 4.79 Å². The minimum absolute atomic E-state index is 0.0917. The van der Waals surface area contributed by atoms with Gasteiger partial charge in [-0.1, -0.05) is 11.6 Å². The largest absolute Gasteiger partial charge is 0.367 e. The molecule has 0 unspecified atom stereocenters. The highest BCUT2D eigenvalue weighted by molar-refractivity contribution is 6.31. The summed E-state index contributed by atoms with van der Waals surface area (Å²) in [5.41, 5.74) is 2.58. The van der Waals surface area contributed by atoms with Crippen molar-refractivity contribution in [1.82, 2.24) is 10.3 Å². The zero-order chi connectivity index (χ0) is 12.3. The van der Waals surface area contributed by atoms with Crippen LogP contribution in [0, 0.1) is 6.92 Å². The van der Waals surface area contributed by atoms with Crippen molar-refractivity contribution >= 4 is 17.5 Å². The number of rotatable bonds is 3. The predicted molar refractivity (Wildman–Crippen MR) is 68.2 cm³/mol. The molecule has 2 aromatic rings. The fraction of sp³-hybridized carbons (Fsp3) is 0.154. The summed E-state index contributed by atoms with van der Waals surface area (Å²) in [5.74, 6) is -0.0917. The Balaban J connectivity index is 2.02. The van der Waals surface area contributed by atoms with E-state index in [1.807, 2.05) is 25.4 Å². The van der Waals surface area contributed by atoms with Crippen LogP contribution < -0.4 is 5.32 Å². The third-order valence-corrected chi connectivity index (χ3v) is 2.96. The molecule has 2 rings (SSSR count). The second-order valence-corrected chi connectivity index (χ2v) is 4.27. The second kappa shape index (κ2) is 5.06. The minimum atomic E-state index is -0.0917. The quantitative estimate of drug-likeness (QED) is 0.862. The van der Waals surface area contributed by atoms with E-state index >= 15 is 0 Å². The van der Waals surface area contributed by atoms with Gasteiger partial charge < -0.3 is 10.3 Å². The Morgan fingerprint density at radius 3 is 2.88 bits per heavy atom. The summed E-state index contributed by atoms with van der Waals surface area (Å²) in [6, 6.07) is 7.17. The van der Waals surface area contributed by atoms with Crippen LogP contribution in [0.2, 0.25) is 5.02 Å². The molecule has 0 saturated carbocycles. The monoisotopic (exact) mass is 248 g/mol. The van der Waals surface area contributed by atoms with Crippen molar-refractivity contribution in [2.45, 2.75) is 13.5 Å². The zero-order valence-electron chi connectivity index (χ0n) is 9.46. The van der Waals surface area contributed by atoms with Gasteiger partial charge in [0, 0.05) is 29.5 Å². The summed E-state index contributed by atoms with van der Waals surface area (Å²) in [6.45, 7) is 2.40. The number of nitrogens with one attached hydrogen (secondary N) is 2. The second-order valence-electron chi connectivity index (χ2n) is 3.87. The maximum atomic E-state index is 11.8. The lowest BCUT2D eigenvalue weighted by atomic mass is 10.1.